The van der Waals surface area contributed by atoms with Crippen LogP contribution in [0, 0.1) is 0 Å². The molecule has 1 N–H and O–H groups in total. The number of hydrogen-bond donors (Lipinski definition) is 1. The third kappa shape index (κ3) is 3.37. The van der Waals surface area contributed by atoms with Crippen LogP contribution in [0.25, 0.3) is 0 Å². The van der Waals surface area contributed by atoms with Crippen LogP contribution in [-0.4, -0.2) is 19.8 Å². The summed E-state index contributed by atoms with van der Waals surface area (Å²) < 4.78 is 5.19. The number of para-hydroxylation sites is 1. The molecule has 0 spiro atoms. The molecular formula is C10H13Cl2NO. The Morgan fingerprint density at radius 2 is 1.93 bits per heavy atom. The summed E-state index contributed by atoms with van der Waals surface area (Å²) in [6, 6.07) is 5.42. The number of hydrogen-bond acceptors (Lipinski definition) is 2. The Morgan fingerprint density at radius 1 is 1.29 bits per heavy atom. The van der Waals surface area contributed by atoms with Crippen LogP contribution >= 0.6 is 23.2 Å². The Bertz CT molecular complexity index is 271. The van der Waals surface area contributed by atoms with E-state index in [1.165, 1.54) is 0 Å². The Balaban J connectivity index is 2.49. The van der Waals surface area contributed by atoms with E-state index in [1.54, 1.807) is 12.1 Å². The van der Waals surface area contributed by atoms with Crippen LogP contribution in [0.15, 0.2) is 18.2 Å². The van der Waals surface area contributed by atoms with Crippen molar-refractivity contribution in [2.45, 2.75) is 6.92 Å². The van der Waals surface area contributed by atoms with Crippen molar-refractivity contribution in [3.05, 3.63) is 28.2 Å². The van der Waals surface area contributed by atoms with E-state index in [4.69, 9.17) is 27.9 Å². The predicted octanol–water partition coefficient (Wildman–Crippen LogP) is 3.44. The molecule has 78 valence electrons. The lowest BCUT2D eigenvalue weighted by molar-refractivity contribution is 0.158. The highest BCUT2D eigenvalue weighted by Crippen LogP contribution is 2.29. The summed E-state index contributed by atoms with van der Waals surface area (Å²) in [5.74, 6) is 0. The first-order chi connectivity index (χ1) is 6.75. The second kappa shape index (κ2) is 6.12. The summed E-state index contributed by atoms with van der Waals surface area (Å²) in [6.45, 7) is 4.04. The molecule has 1 aromatic carbocycles. The van der Waals surface area contributed by atoms with Crippen molar-refractivity contribution in [2.75, 3.05) is 25.1 Å². The number of benzene rings is 1. The molecule has 0 heterocycles. The third-order valence-electron chi connectivity index (χ3n) is 1.72. The zero-order valence-corrected chi connectivity index (χ0v) is 9.53. The minimum atomic E-state index is 0.633. The van der Waals surface area contributed by atoms with Gasteiger partial charge in [-0.3, -0.25) is 0 Å². The summed E-state index contributed by atoms with van der Waals surface area (Å²) in [5, 5.41) is 4.39. The van der Waals surface area contributed by atoms with Gasteiger partial charge in [-0.15, -0.1) is 0 Å². The summed E-state index contributed by atoms with van der Waals surface area (Å²) in [6.07, 6.45) is 0. The SMILES string of the molecule is CCOCCNc1c(Cl)cccc1Cl. The fraction of sp³-hybridized carbons (Fsp3) is 0.400. The molecule has 0 radical (unpaired) electrons. The molecule has 0 atom stereocenters. The molecule has 0 aliphatic heterocycles. The monoisotopic (exact) mass is 233 g/mol. The average Bonchev–Trinajstić information content (AvgIpc) is 2.16. The van der Waals surface area contributed by atoms with Gasteiger partial charge in [0.25, 0.3) is 0 Å². The molecule has 0 aromatic heterocycles. The van der Waals surface area contributed by atoms with Gasteiger partial charge in [-0.25, -0.2) is 0 Å². The van der Waals surface area contributed by atoms with Gasteiger partial charge in [0.05, 0.1) is 22.3 Å². The molecule has 4 heteroatoms. The van der Waals surface area contributed by atoms with Crippen LogP contribution in [-0.2, 0) is 4.74 Å². The number of halogens is 2. The molecule has 0 saturated heterocycles. The Hall–Kier alpha value is -0.440. The number of anilines is 1. The van der Waals surface area contributed by atoms with Gasteiger partial charge in [0.15, 0.2) is 0 Å². The van der Waals surface area contributed by atoms with Gasteiger partial charge in [-0.2, -0.15) is 0 Å². The number of ether oxygens (including phenoxy) is 1. The molecule has 1 rings (SSSR count). The average molecular weight is 234 g/mol. The molecule has 0 amide bonds. The van der Waals surface area contributed by atoms with Gasteiger partial charge in [0.2, 0.25) is 0 Å². The normalized spacial score (nSPS) is 10.2. The van der Waals surface area contributed by atoms with E-state index in [2.05, 4.69) is 5.32 Å². The molecule has 1 aromatic rings. The number of rotatable bonds is 5. The lowest BCUT2D eigenvalue weighted by Crippen LogP contribution is -2.09. The maximum Gasteiger partial charge on any atom is 0.0719 e. The largest absolute Gasteiger partial charge is 0.380 e. The van der Waals surface area contributed by atoms with E-state index in [0.29, 0.717) is 23.2 Å². The molecular weight excluding hydrogens is 221 g/mol. The van der Waals surface area contributed by atoms with Crippen LogP contribution in [0.5, 0.6) is 0 Å². The lowest BCUT2D eigenvalue weighted by atomic mass is 10.3. The first-order valence-corrected chi connectivity index (χ1v) is 5.27. The van der Waals surface area contributed by atoms with Crippen molar-refractivity contribution in [2.24, 2.45) is 0 Å². The highest BCUT2D eigenvalue weighted by atomic mass is 35.5. The summed E-state index contributed by atoms with van der Waals surface area (Å²) in [7, 11) is 0. The van der Waals surface area contributed by atoms with Crippen LogP contribution in [0.3, 0.4) is 0 Å². The fourth-order valence-corrected chi connectivity index (χ4v) is 1.59. The Labute approximate surface area is 94.2 Å². The quantitative estimate of drug-likeness (QED) is 0.788. The zero-order valence-electron chi connectivity index (χ0n) is 8.02. The van der Waals surface area contributed by atoms with Crippen molar-refractivity contribution >= 4 is 28.9 Å². The van der Waals surface area contributed by atoms with Gasteiger partial charge in [0.1, 0.15) is 0 Å². The van der Waals surface area contributed by atoms with E-state index < -0.39 is 0 Å². The van der Waals surface area contributed by atoms with E-state index in [1.807, 2.05) is 13.0 Å². The first-order valence-electron chi connectivity index (χ1n) is 4.51. The minimum Gasteiger partial charge on any atom is -0.380 e. The second-order valence-corrected chi connectivity index (χ2v) is 3.53. The second-order valence-electron chi connectivity index (χ2n) is 2.72. The summed E-state index contributed by atoms with van der Waals surface area (Å²) in [5.41, 5.74) is 0.774. The van der Waals surface area contributed by atoms with Crippen LogP contribution < -0.4 is 5.32 Å². The maximum atomic E-state index is 5.95. The van der Waals surface area contributed by atoms with E-state index in [-0.39, 0.29) is 0 Å². The fourth-order valence-electron chi connectivity index (χ4n) is 1.06. The molecule has 0 aliphatic carbocycles. The van der Waals surface area contributed by atoms with Gasteiger partial charge in [-0.1, -0.05) is 29.3 Å². The molecule has 0 saturated carbocycles. The Kier molecular flexibility index (Phi) is 5.09. The van der Waals surface area contributed by atoms with E-state index >= 15 is 0 Å². The molecule has 0 aliphatic rings. The van der Waals surface area contributed by atoms with Crippen molar-refractivity contribution in [1.29, 1.82) is 0 Å². The van der Waals surface area contributed by atoms with Crippen LogP contribution in [0.1, 0.15) is 6.92 Å². The smallest absolute Gasteiger partial charge is 0.0719 e. The summed E-state index contributed by atoms with van der Waals surface area (Å²) in [4.78, 5) is 0. The highest BCUT2D eigenvalue weighted by Gasteiger charge is 2.03. The Morgan fingerprint density at radius 3 is 2.50 bits per heavy atom. The molecule has 0 fully saturated rings. The zero-order chi connectivity index (χ0) is 10.4. The van der Waals surface area contributed by atoms with Gasteiger partial charge in [-0.05, 0) is 19.1 Å². The van der Waals surface area contributed by atoms with Crippen LogP contribution in [0.2, 0.25) is 10.0 Å². The van der Waals surface area contributed by atoms with Gasteiger partial charge >= 0.3 is 0 Å². The highest BCUT2D eigenvalue weighted by molar-refractivity contribution is 6.39. The topological polar surface area (TPSA) is 21.3 Å². The first kappa shape index (κ1) is 11.6. The maximum absolute atomic E-state index is 5.95. The van der Waals surface area contributed by atoms with Crippen LogP contribution in [0.4, 0.5) is 5.69 Å². The third-order valence-corrected chi connectivity index (χ3v) is 2.35. The van der Waals surface area contributed by atoms with E-state index in [0.717, 1.165) is 12.3 Å². The molecule has 0 unspecified atom stereocenters. The molecule has 0 bridgehead atoms. The summed E-state index contributed by atoms with van der Waals surface area (Å²) >= 11 is 11.9. The predicted molar refractivity (Wildman–Crippen MR) is 61.4 cm³/mol. The number of nitrogens with one attached hydrogen (secondary N) is 1. The van der Waals surface area contributed by atoms with E-state index in [9.17, 15) is 0 Å². The van der Waals surface area contributed by atoms with Crippen molar-refractivity contribution in [1.82, 2.24) is 0 Å². The lowest BCUT2D eigenvalue weighted by Gasteiger charge is -2.09. The van der Waals surface area contributed by atoms with Crippen molar-refractivity contribution in [3.63, 3.8) is 0 Å². The molecule has 14 heavy (non-hydrogen) atoms. The minimum absolute atomic E-state index is 0.633. The van der Waals surface area contributed by atoms with Crippen molar-refractivity contribution in [3.8, 4) is 0 Å². The van der Waals surface area contributed by atoms with Gasteiger partial charge in [0, 0.05) is 13.2 Å². The van der Waals surface area contributed by atoms with Crippen molar-refractivity contribution < 1.29 is 4.74 Å². The standard InChI is InChI=1S/C10H13Cl2NO/c1-2-14-7-6-13-10-8(11)4-3-5-9(10)12/h3-5,13H,2,6-7H2,1H3. The molecule has 2 nitrogen and oxygen atoms in total. The van der Waals surface area contributed by atoms with Gasteiger partial charge < -0.3 is 10.1 Å².